The third-order valence-electron chi connectivity index (χ3n) is 4.90. The Bertz CT molecular complexity index is 426. The highest BCUT2D eigenvalue weighted by atomic mass is 16.1. The van der Waals surface area contributed by atoms with Gasteiger partial charge in [-0.2, -0.15) is 5.10 Å². The van der Waals surface area contributed by atoms with Gasteiger partial charge in [-0.25, -0.2) is 0 Å². The zero-order valence-corrected chi connectivity index (χ0v) is 13.7. The Balaban J connectivity index is 1.92. The molecule has 0 aliphatic heterocycles. The first-order valence-electron chi connectivity index (χ1n) is 8.81. The summed E-state index contributed by atoms with van der Waals surface area (Å²) < 4.78 is 2.04. The van der Waals surface area contributed by atoms with Gasteiger partial charge in [-0.15, -0.1) is 0 Å². The topological polar surface area (TPSA) is 34.9 Å². The molecule has 0 unspecified atom stereocenters. The van der Waals surface area contributed by atoms with Crippen LogP contribution in [0.15, 0.2) is 12.3 Å². The van der Waals surface area contributed by atoms with E-state index in [-0.39, 0.29) is 5.92 Å². The average Bonchev–Trinajstić information content (AvgIpc) is 2.88. The fraction of sp³-hybridized carbons (Fsp3) is 0.778. The van der Waals surface area contributed by atoms with Crippen molar-refractivity contribution < 1.29 is 4.79 Å². The Morgan fingerprint density at radius 3 is 2.43 bits per heavy atom. The van der Waals surface area contributed by atoms with Crippen molar-refractivity contribution >= 4 is 5.78 Å². The van der Waals surface area contributed by atoms with Gasteiger partial charge < -0.3 is 0 Å². The van der Waals surface area contributed by atoms with Crippen LogP contribution < -0.4 is 0 Å². The molecule has 0 atom stereocenters. The molecular weight excluding hydrogens is 260 g/mol. The van der Waals surface area contributed by atoms with Crippen LogP contribution in [0.25, 0.3) is 0 Å². The number of carbonyl (C=O) groups is 1. The Morgan fingerprint density at radius 1 is 1.19 bits per heavy atom. The summed E-state index contributed by atoms with van der Waals surface area (Å²) >= 11 is 0. The SMILES string of the molecule is CCC(CC)n1ccc(CC(=O)C2CCCCCCC2)n1. The normalized spacial score (nSPS) is 17.7. The second-order valence-corrected chi connectivity index (χ2v) is 6.44. The lowest BCUT2D eigenvalue weighted by molar-refractivity contribution is -0.122. The number of rotatable bonds is 6. The van der Waals surface area contributed by atoms with Crippen molar-refractivity contribution in [2.75, 3.05) is 0 Å². The zero-order valence-electron chi connectivity index (χ0n) is 13.7. The first-order chi connectivity index (χ1) is 10.2. The molecule has 118 valence electrons. The molecule has 1 heterocycles. The number of aromatic nitrogens is 2. The maximum Gasteiger partial charge on any atom is 0.141 e. The van der Waals surface area contributed by atoms with Gasteiger partial charge in [0.15, 0.2) is 0 Å². The van der Waals surface area contributed by atoms with Crippen molar-refractivity contribution in [2.24, 2.45) is 5.92 Å². The molecule has 1 aliphatic rings. The highest BCUT2D eigenvalue weighted by Gasteiger charge is 2.20. The fourth-order valence-corrected chi connectivity index (χ4v) is 3.44. The second-order valence-electron chi connectivity index (χ2n) is 6.44. The van der Waals surface area contributed by atoms with E-state index in [0.29, 0.717) is 18.2 Å². The molecular formula is C18H30N2O. The van der Waals surface area contributed by atoms with E-state index in [1.165, 1.54) is 32.1 Å². The second kappa shape index (κ2) is 8.35. The summed E-state index contributed by atoms with van der Waals surface area (Å²) in [4.78, 5) is 12.5. The van der Waals surface area contributed by atoms with Crippen molar-refractivity contribution in [3.05, 3.63) is 18.0 Å². The quantitative estimate of drug-likeness (QED) is 0.760. The Labute approximate surface area is 129 Å². The Hall–Kier alpha value is -1.12. The molecule has 3 nitrogen and oxygen atoms in total. The number of Topliss-reactive ketones (excluding diaryl/α,β-unsaturated/α-hetero) is 1. The summed E-state index contributed by atoms with van der Waals surface area (Å²) in [6, 6.07) is 2.49. The molecule has 0 radical (unpaired) electrons. The van der Waals surface area contributed by atoms with Gasteiger partial charge in [0.05, 0.1) is 18.2 Å². The van der Waals surface area contributed by atoms with Gasteiger partial charge in [-0.3, -0.25) is 9.48 Å². The molecule has 0 saturated heterocycles. The van der Waals surface area contributed by atoms with E-state index in [0.717, 1.165) is 31.4 Å². The smallest absolute Gasteiger partial charge is 0.141 e. The van der Waals surface area contributed by atoms with Crippen molar-refractivity contribution in [1.29, 1.82) is 0 Å². The molecule has 1 aromatic heterocycles. The van der Waals surface area contributed by atoms with Gasteiger partial charge in [-0.05, 0) is 31.7 Å². The van der Waals surface area contributed by atoms with Gasteiger partial charge in [0.2, 0.25) is 0 Å². The fourth-order valence-electron chi connectivity index (χ4n) is 3.44. The predicted molar refractivity (Wildman–Crippen MR) is 86.4 cm³/mol. The van der Waals surface area contributed by atoms with Crippen molar-refractivity contribution in [3.63, 3.8) is 0 Å². The van der Waals surface area contributed by atoms with E-state index >= 15 is 0 Å². The van der Waals surface area contributed by atoms with E-state index in [1.54, 1.807) is 0 Å². The number of ketones is 1. The third-order valence-corrected chi connectivity index (χ3v) is 4.90. The maximum atomic E-state index is 12.5. The van der Waals surface area contributed by atoms with E-state index < -0.39 is 0 Å². The Morgan fingerprint density at radius 2 is 1.81 bits per heavy atom. The largest absolute Gasteiger partial charge is 0.299 e. The van der Waals surface area contributed by atoms with E-state index in [2.05, 4.69) is 18.9 Å². The van der Waals surface area contributed by atoms with Gasteiger partial charge in [0.1, 0.15) is 5.78 Å². The van der Waals surface area contributed by atoms with Crippen LogP contribution in [-0.2, 0) is 11.2 Å². The minimum absolute atomic E-state index is 0.281. The molecule has 0 bridgehead atoms. The lowest BCUT2D eigenvalue weighted by Crippen LogP contribution is -2.18. The molecule has 1 aliphatic carbocycles. The third kappa shape index (κ3) is 4.69. The van der Waals surface area contributed by atoms with Crippen molar-refractivity contribution in [2.45, 2.75) is 84.1 Å². The van der Waals surface area contributed by atoms with Crippen LogP contribution in [0.1, 0.15) is 83.4 Å². The Kier molecular flexibility index (Phi) is 6.47. The van der Waals surface area contributed by atoms with E-state index in [1.807, 2.05) is 16.9 Å². The summed E-state index contributed by atoms with van der Waals surface area (Å²) in [7, 11) is 0. The van der Waals surface area contributed by atoms with E-state index in [4.69, 9.17) is 0 Å². The van der Waals surface area contributed by atoms with Crippen LogP contribution in [-0.4, -0.2) is 15.6 Å². The highest BCUT2D eigenvalue weighted by molar-refractivity contribution is 5.82. The number of nitrogens with zero attached hydrogens (tertiary/aromatic N) is 2. The molecule has 1 fully saturated rings. The molecule has 0 N–H and O–H groups in total. The molecule has 3 heteroatoms. The lowest BCUT2D eigenvalue weighted by Gasteiger charge is -2.18. The minimum Gasteiger partial charge on any atom is -0.299 e. The van der Waals surface area contributed by atoms with Crippen LogP contribution in [0, 0.1) is 5.92 Å². The summed E-state index contributed by atoms with van der Waals surface area (Å²) in [6.07, 6.45) is 13.3. The zero-order chi connectivity index (χ0) is 15.1. The minimum atomic E-state index is 0.281. The molecule has 0 spiro atoms. The van der Waals surface area contributed by atoms with Gasteiger partial charge in [0.25, 0.3) is 0 Å². The van der Waals surface area contributed by atoms with Crippen molar-refractivity contribution in [3.8, 4) is 0 Å². The van der Waals surface area contributed by atoms with Crippen molar-refractivity contribution in [1.82, 2.24) is 9.78 Å². The van der Waals surface area contributed by atoms with Gasteiger partial charge in [-0.1, -0.05) is 46.0 Å². The number of hydrogen-bond donors (Lipinski definition) is 0. The highest BCUT2D eigenvalue weighted by Crippen LogP contribution is 2.24. The first kappa shape index (κ1) is 16.3. The standard InChI is InChI=1S/C18H30N2O/c1-3-17(4-2)20-13-12-16(19-20)14-18(21)15-10-8-6-5-7-9-11-15/h12-13,15,17H,3-11,14H2,1-2H3. The number of carbonyl (C=O) groups excluding carboxylic acids is 1. The maximum absolute atomic E-state index is 12.5. The average molecular weight is 290 g/mol. The summed E-state index contributed by atoms with van der Waals surface area (Å²) in [5.74, 6) is 0.690. The predicted octanol–water partition coefficient (Wildman–Crippen LogP) is 4.72. The first-order valence-corrected chi connectivity index (χ1v) is 8.81. The van der Waals surface area contributed by atoms with Crippen LogP contribution in [0.5, 0.6) is 0 Å². The molecule has 1 aromatic rings. The van der Waals surface area contributed by atoms with Crippen LogP contribution in [0.3, 0.4) is 0 Å². The molecule has 1 saturated carbocycles. The monoisotopic (exact) mass is 290 g/mol. The van der Waals surface area contributed by atoms with Gasteiger partial charge >= 0.3 is 0 Å². The lowest BCUT2D eigenvalue weighted by atomic mass is 9.87. The van der Waals surface area contributed by atoms with Crippen LogP contribution in [0.4, 0.5) is 0 Å². The van der Waals surface area contributed by atoms with Gasteiger partial charge in [0, 0.05) is 12.1 Å². The summed E-state index contributed by atoms with van der Waals surface area (Å²) in [5, 5.41) is 4.62. The number of hydrogen-bond acceptors (Lipinski definition) is 2. The molecule has 21 heavy (non-hydrogen) atoms. The van der Waals surface area contributed by atoms with Crippen LogP contribution >= 0.6 is 0 Å². The summed E-state index contributed by atoms with van der Waals surface area (Å²) in [6.45, 7) is 4.38. The van der Waals surface area contributed by atoms with E-state index in [9.17, 15) is 4.79 Å². The molecule has 0 aromatic carbocycles. The van der Waals surface area contributed by atoms with Crippen LogP contribution in [0.2, 0.25) is 0 Å². The summed E-state index contributed by atoms with van der Waals surface area (Å²) in [5.41, 5.74) is 0.953. The molecule has 2 rings (SSSR count). The molecule has 0 amide bonds.